The van der Waals surface area contributed by atoms with Crippen LogP contribution in [0.2, 0.25) is 0 Å². The Morgan fingerprint density at radius 2 is 2.11 bits per heavy atom. The minimum atomic E-state index is -0.541. The van der Waals surface area contributed by atoms with Gasteiger partial charge in [0.15, 0.2) is 0 Å². The van der Waals surface area contributed by atoms with Gasteiger partial charge in [0.2, 0.25) is 0 Å². The molecule has 18 heavy (non-hydrogen) atoms. The lowest BCUT2D eigenvalue weighted by atomic mass is 9.83. The van der Waals surface area contributed by atoms with Gasteiger partial charge in [0.05, 0.1) is 0 Å². The summed E-state index contributed by atoms with van der Waals surface area (Å²) in [6, 6.07) is 3.73. The molecular weight excluding hydrogens is 232 g/mol. The van der Waals surface area contributed by atoms with E-state index >= 15 is 0 Å². The first-order valence-electron chi connectivity index (χ1n) is 6.29. The topological polar surface area (TPSA) is 12.0 Å². The second-order valence-corrected chi connectivity index (χ2v) is 4.95. The van der Waals surface area contributed by atoms with Gasteiger partial charge in [-0.3, -0.25) is 0 Å². The molecular formula is C15H21F2N. The standard InChI is InChI=1S/C15H21F2N/c1-4-8-18-11-15(3,5-2)10-12-6-7-13(16)9-14(12)17/h5-7,9,18H,2,4,8,10-11H2,1,3H3. The zero-order valence-electron chi connectivity index (χ0n) is 11.1. The van der Waals surface area contributed by atoms with E-state index in [2.05, 4.69) is 18.8 Å². The van der Waals surface area contributed by atoms with Crippen molar-refractivity contribution in [3.63, 3.8) is 0 Å². The molecule has 0 spiro atoms. The third-order valence-electron chi connectivity index (χ3n) is 3.06. The highest BCUT2D eigenvalue weighted by molar-refractivity contribution is 5.21. The van der Waals surface area contributed by atoms with Crippen molar-refractivity contribution in [3.8, 4) is 0 Å². The summed E-state index contributed by atoms with van der Waals surface area (Å²) in [5.41, 5.74) is 0.297. The lowest BCUT2D eigenvalue weighted by molar-refractivity contribution is 0.384. The van der Waals surface area contributed by atoms with Gasteiger partial charge >= 0.3 is 0 Å². The fourth-order valence-corrected chi connectivity index (χ4v) is 1.86. The Morgan fingerprint density at radius 1 is 1.39 bits per heavy atom. The highest BCUT2D eigenvalue weighted by Gasteiger charge is 2.22. The van der Waals surface area contributed by atoms with Crippen LogP contribution in [0.1, 0.15) is 25.8 Å². The molecule has 0 aliphatic carbocycles. The minimum absolute atomic E-state index is 0.228. The van der Waals surface area contributed by atoms with Crippen LogP contribution >= 0.6 is 0 Å². The molecule has 1 aromatic rings. The molecule has 0 bridgehead atoms. The number of benzene rings is 1. The van der Waals surface area contributed by atoms with Crippen molar-refractivity contribution in [2.75, 3.05) is 13.1 Å². The van der Waals surface area contributed by atoms with Crippen LogP contribution in [0.15, 0.2) is 30.9 Å². The molecule has 100 valence electrons. The first-order chi connectivity index (χ1) is 8.50. The molecule has 0 aliphatic rings. The summed E-state index contributed by atoms with van der Waals surface area (Å²) in [5.74, 6) is -1.03. The van der Waals surface area contributed by atoms with Gasteiger partial charge in [-0.15, -0.1) is 6.58 Å². The van der Waals surface area contributed by atoms with E-state index in [1.807, 2.05) is 13.0 Å². The maximum absolute atomic E-state index is 13.6. The summed E-state index contributed by atoms with van der Waals surface area (Å²) in [6.45, 7) is 9.60. The van der Waals surface area contributed by atoms with Crippen molar-refractivity contribution in [2.45, 2.75) is 26.7 Å². The van der Waals surface area contributed by atoms with E-state index in [0.29, 0.717) is 12.0 Å². The Balaban J connectivity index is 2.74. The molecule has 1 aromatic carbocycles. The molecule has 0 aliphatic heterocycles. The first kappa shape index (κ1) is 14.8. The number of halogens is 2. The fourth-order valence-electron chi connectivity index (χ4n) is 1.86. The van der Waals surface area contributed by atoms with Crippen molar-refractivity contribution in [1.82, 2.24) is 5.32 Å². The quantitative estimate of drug-likeness (QED) is 0.577. The number of hydrogen-bond donors (Lipinski definition) is 1. The monoisotopic (exact) mass is 253 g/mol. The van der Waals surface area contributed by atoms with Crippen LogP contribution < -0.4 is 5.32 Å². The normalized spacial score (nSPS) is 14.2. The smallest absolute Gasteiger partial charge is 0.129 e. The average Bonchev–Trinajstić information content (AvgIpc) is 2.33. The summed E-state index contributed by atoms with van der Waals surface area (Å²) < 4.78 is 26.4. The molecule has 0 saturated heterocycles. The van der Waals surface area contributed by atoms with E-state index in [-0.39, 0.29) is 5.41 Å². The van der Waals surface area contributed by atoms with Gasteiger partial charge in [-0.2, -0.15) is 0 Å². The molecule has 0 amide bonds. The fraction of sp³-hybridized carbons (Fsp3) is 0.467. The summed E-state index contributed by atoms with van der Waals surface area (Å²) in [4.78, 5) is 0. The van der Waals surface area contributed by atoms with E-state index in [1.54, 1.807) is 0 Å². The van der Waals surface area contributed by atoms with Gasteiger partial charge < -0.3 is 5.32 Å². The maximum atomic E-state index is 13.6. The Kier molecular flexibility index (Phi) is 5.48. The van der Waals surface area contributed by atoms with Crippen LogP contribution in [0.4, 0.5) is 8.78 Å². The maximum Gasteiger partial charge on any atom is 0.129 e. The predicted molar refractivity (Wildman–Crippen MR) is 71.5 cm³/mol. The predicted octanol–water partition coefficient (Wildman–Crippen LogP) is 3.70. The average molecular weight is 253 g/mol. The van der Waals surface area contributed by atoms with Crippen molar-refractivity contribution >= 4 is 0 Å². The van der Waals surface area contributed by atoms with Gasteiger partial charge in [-0.25, -0.2) is 8.78 Å². The van der Waals surface area contributed by atoms with E-state index in [4.69, 9.17) is 0 Å². The molecule has 0 saturated carbocycles. The van der Waals surface area contributed by atoms with Gasteiger partial charge in [0, 0.05) is 18.0 Å². The summed E-state index contributed by atoms with van der Waals surface area (Å²) in [7, 11) is 0. The van der Waals surface area contributed by atoms with Crippen LogP contribution in [-0.2, 0) is 6.42 Å². The Morgan fingerprint density at radius 3 is 2.67 bits per heavy atom. The van der Waals surface area contributed by atoms with E-state index < -0.39 is 11.6 Å². The molecule has 1 nitrogen and oxygen atoms in total. The van der Waals surface area contributed by atoms with Crippen molar-refractivity contribution in [2.24, 2.45) is 5.41 Å². The molecule has 0 aromatic heterocycles. The van der Waals surface area contributed by atoms with E-state index in [1.165, 1.54) is 12.1 Å². The second kappa shape index (κ2) is 6.64. The summed E-state index contributed by atoms with van der Waals surface area (Å²) in [6.07, 6.45) is 3.40. The van der Waals surface area contributed by atoms with E-state index in [0.717, 1.165) is 25.6 Å². The highest BCUT2D eigenvalue weighted by Crippen LogP contribution is 2.25. The first-order valence-corrected chi connectivity index (χ1v) is 6.29. The molecule has 1 unspecified atom stereocenters. The van der Waals surface area contributed by atoms with Crippen molar-refractivity contribution in [1.29, 1.82) is 0 Å². The second-order valence-electron chi connectivity index (χ2n) is 4.95. The van der Waals surface area contributed by atoms with Crippen LogP contribution in [0.5, 0.6) is 0 Å². The summed E-state index contributed by atoms with van der Waals surface area (Å²) >= 11 is 0. The molecule has 1 rings (SSSR count). The zero-order chi connectivity index (χ0) is 13.6. The van der Waals surface area contributed by atoms with Gasteiger partial charge in [-0.1, -0.05) is 26.0 Å². The molecule has 0 heterocycles. The van der Waals surface area contributed by atoms with Crippen molar-refractivity contribution < 1.29 is 8.78 Å². The summed E-state index contributed by atoms with van der Waals surface area (Å²) in [5, 5.41) is 3.31. The zero-order valence-corrected chi connectivity index (χ0v) is 11.1. The van der Waals surface area contributed by atoms with Gasteiger partial charge in [0.1, 0.15) is 11.6 Å². The van der Waals surface area contributed by atoms with Crippen LogP contribution in [0.25, 0.3) is 0 Å². The van der Waals surface area contributed by atoms with Gasteiger partial charge in [0.25, 0.3) is 0 Å². The molecule has 1 atom stereocenters. The Hall–Kier alpha value is -1.22. The SMILES string of the molecule is C=CC(C)(CNCCC)Cc1ccc(F)cc1F. The van der Waals surface area contributed by atoms with Crippen LogP contribution in [-0.4, -0.2) is 13.1 Å². The molecule has 1 N–H and O–H groups in total. The highest BCUT2D eigenvalue weighted by atomic mass is 19.1. The Labute approximate surface area is 108 Å². The van der Waals surface area contributed by atoms with Crippen molar-refractivity contribution in [3.05, 3.63) is 48.1 Å². The minimum Gasteiger partial charge on any atom is -0.316 e. The molecule has 0 radical (unpaired) electrons. The Bertz CT molecular complexity index is 403. The number of rotatable bonds is 7. The van der Waals surface area contributed by atoms with Crippen LogP contribution in [0.3, 0.4) is 0 Å². The lowest BCUT2D eigenvalue weighted by Crippen LogP contribution is -2.32. The van der Waals surface area contributed by atoms with E-state index in [9.17, 15) is 8.78 Å². The van der Waals surface area contributed by atoms with Gasteiger partial charge in [-0.05, 0) is 31.0 Å². The van der Waals surface area contributed by atoms with Crippen LogP contribution in [0, 0.1) is 17.0 Å². The molecule has 3 heteroatoms. The number of nitrogens with one attached hydrogen (secondary N) is 1. The number of hydrogen-bond acceptors (Lipinski definition) is 1. The third kappa shape index (κ3) is 4.22. The largest absolute Gasteiger partial charge is 0.316 e. The third-order valence-corrected chi connectivity index (χ3v) is 3.06. The lowest BCUT2D eigenvalue weighted by Gasteiger charge is -2.26. The molecule has 0 fully saturated rings.